The summed E-state index contributed by atoms with van der Waals surface area (Å²) in [7, 11) is 1.33. The zero-order valence-electron chi connectivity index (χ0n) is 7.57. The first-order valence-corrected chi connectivity index (χ1v) is 3.38. The number of hydrogen-bond acceptors (Lipinski definition) is 3. The zero-order chi connectivity index (χ0) is 10.1. The van der Waals surface area contributed by atoms with E-state index in [1.165, 1.54) is 13.2 Å². The predicted molar refractivity (Wildman–Crippen MR) is 41.5 cm³/mol. The molecule has 0 aromatic carbocycles. The number of aliphatic carboxylic acids is 1. The van der Waals surface area contributed by atoms with E-state index in [4.69, 9.17) is 11.2 Å². The quantitative estimate of drug-likeness (QED) is 0.652. The molecule has 4 nitrogen and oxygen atoms in total. The molecule has 66 valence electrons. The summed E-state index contributed by atoms with van der Waals surface area (Å²) in [5.41, 5.74) is 0. The second kappa shape index (κ2) is 3.30. The first-order chi connectivity index (χ1) is 5.99. The molecule has 1 atom stereocenters. The Balaban J connectivity index is 2.95. The van der Waals surface area contributed by atoms with Gasteiger partial charge in [0.2, 0.25) is 0 Å². The van der Waals surface area contributed by atoms with Crippen molar-refractivity contribution in [2.45, 2.75) is 6.42 Å². The molecule has 1 aliphatic carbocycles. The lowest BCUT2D eigenvalue weighted by atomic mass is 9.99. The molecular weight excluding hydrogens is 160 g/mol. The molecule has 0 fully saturated rings. The van der Waals surface area contributed by atoms with Gasteiger partial charge in [0.25, 0.3) is 0 Å². The molecule has 0 amide bonds. The smallest absolute Gasteiger partial charge is 0.310 e. The second-order valence-corrected chi connectivity index (χ2v) is 2.35. The third-order valence-electron chi connectivity index (χ3n) is 1.60. The lowest BCUT2D eigenvalue weighted by Gasteiger charge is -2.15. The van der Waals surface area contributed by atoms with Crippen molar-refractivity contribution in [3.8, 4) is 0 Å². The number of aliphatic hydroxyl groups excluding tert-OH is 1. The molecule has 1 rings (SSSR count). The highest BCUT2D eigenvalue weighted by Crippen LogP contribution is 2.22. The van der Waals surface area contributed by atoms with Crippen molar-refractivity contribution in [2.75, 3.05) is 7.11 Å². The van der Waals surface area contributed by atoms with Crippen LogP contribution in [0.1, 0.15) is 7.79 Å². The predicted octanol–water partition coefficient (Wildman–Crippen LogP) is 1.06. The number of hydrogen-bond donors (Lipinski definition) is 2. The lowest BCUT2D eigenvalue weighted by Crippen LogP contribution is -2.15. The maximum Gasteiger partial charge on any atom is 0.310 e. The van der Waals surface area contributed by atoms with E-state index >= 15 is 0 Å². The van der Waals surface area contributed by atoms with Crippen LogP contribution in [-0.2, 0) is 9.53 Å². The molecule has 0 aliphatic heterocycles. The van der Waals surface area contributed by atoms with Gasteiger partial charge in [-0.2, -0.15) is 0 Å². The molecule has 1 aliphatic rings. The molecule has 1 unspecified atom stereocenters. The average molecular weight is 171 g/mol. The monoisotopic (exact) mass is 171 g/mol. The maximum absolute atomic E-state index is 10.6. The Bertz CT molecular complexity index is 295. The normalized spacial score (nSPS) is 29.9. The Morgan fingerprint density at radius 3 is 3.08 bits per heavy atom. The fraction of sp³-hybridized carbons (Fsp3) is 0.375. The molecule has 0 radical (unpaired) electrons. The number of carboxylic acid groups (broad SMARTS) is 1. The largest absolute Gasteiger partial charge is 0.504 e. The Morgan fingerprint density at radius 1 is 1.92 bits per heavy atom. The third-order valence-corrected chi connectivity index (χ3v) is 1.60. The number of rotatable bonds is 2. The van der Waals surface area contributed by atoms with Crippen LogP contribution >= 0.6 is 0 Å². The summed E-state index contributed by atoms with van der Waals surface area (Å²) in [6.45, 7) is 0. The summed E-state index contributed by atoms with van der Waals surface area (Å²) in [5.74, 6) is -2.98. The highest BCUT2D eigenvalue weighted by molar-refractivity contribution is 5.73. The van der Waals surface area contributed by atoms with E-state index in [0.29, 0.717) is 0 Å². The van der Waals surface area contributed by atoms with Crippen LogP contribution in [0.25, 0.3) is 0 Å². The van der Waals surface area contributed by atoms with Crippen LogP contribution in [0.3, 0.4) is 0 Å². The fourth-order valence-electron chi connectivity index (χ4n) is 0.919. The van der Waals surface area contributed by atoms with E-state index < -0.39 is 11.9 Å². The molecule has 4 heteroatoms. The molecule has 0 aromatic heterocycles. The number of methoxy groups -OCH3 is 1. The van der Waals surface area contributed by atoms with Gasteiger partial charge in [0.1, 0.15) is 5.76 Å². The summed E-state index contributed by atoms with van der Waals surface area (Å²) >= 11 is 0. The summed E-state index contributed by atoms with van der Waals surface area (Å²) in [4.78, 5) is 10.6. The summed E-state index contributed by atoms with van der Waals surface area (Å²) < 4.78 is 12.2. The van der Waals surface area contributed by atoms with Crippen molar-refractivity contribution < 1.29 is 21.1 Å². The lowest BCUT2D eigenvalue weighted by molar-refractivity contribution is -0.140. The van der Waals surface area contributed by atoms with Crippen LogP contribution in [0.2, 0.25) is 0 Å². The van der Waals surface area contributed by atoms with Gasteiger partial charge in [0.05, 0.1) is 13.0 Å². The molecular formula is C8H10O4. The first kappa shape index (κ1) is 7.21. The molecule has 0 saturated carbocycles. The minimum atomic E-state index is -1.72. The average Bonchev–Trinajstić information content (AvgIpc) is 2.09. The topological polar surface area (TPSA) is 66.8 Å². The molecule has 0 heterocycles. The van der Waals surface area contributed by atoms with Crippen LogP contribution < -0.4 is 0 Å². The van der Waals surface area contributed by atoms with Crippen LogP contribution in [0.15, 0.2) is 23.7 Å². The Morgan fingerprint density at radius 2 is 2.58 bits per heavy atom. The molecule has 0 saturated heterocycles. The summed E-state index contributed by atoms with van der Waals surface area (Å²) in [6, 6.07) is 0. The maximum atomic E-state index is 10.6. The van der Waals surface area contributed by atoms with Crippen molar-refractivity contribution in [1.82, 2.24) is 0 Å². The van der Waals surface area contributed by atoms with E-state index in [1.807, 2.05) is 0 Å². The van der Waals surface area contributed by atoms with E-state index in [2.05, 4.69) is 0 Å². The molecule has 2 N–H and O–H groups in total. The van der Waals surface area contributed by atoms with Gasteiger partial charge in [0.15, 0.2) is 5.76 Å². The molecule has 12 heavy (non-hydrogen) atoms. The van der Waals surface area contributed by atoms with Gasteiger partial charge in [0, 0.05) is 7.79 Å². The molecule has 0 spiro atoms. The SMILES string of the molecule is [2H]C1(C(=O)O)C=CC(O)=C(OC)C1. The van der Waals surface area contributed by atoms with Gasteiger partial charge >= 0.3 is 5.97 Å². The van der Waals surface area contributed by atoms with E-state index in [1.54, 1.807) is 0 Å². The van der Waals surface area contributed by atoms with Crippen LogP contribution in [0.5, 0.6) is 0 Å². The third kappa shape index (κ3) is 1.58. The summed E-state index contributed by atoms with van der Waals surface area (Å²) in [6.07, 6.45) is 2.15. The second-order valence-electron chi connectivity index (χ2n) is 2.35. The van der Waals surface area contributed by atoms with Crippen LogP contribution in [-0.4, -0.2) is 23.3 Å². The highest BCUT2D eigenvalue weighted by Gasteiger charge is 2.22. The van der Waals surface area contributed by atoms with Crippen LogP contribution in [0, 0.1) is 5.89 Å². The van der Waals surface area contributed by atoms with Crippen molar-refractivity contribution in [1.29, 1.82) is 0 Å². The Hall–Kier alpha value is -1.45. The number of carboxylic acids is 1. The van der Waals surface area contributed by atoms with Gasteiger partial charge in [-0.05, 0) is 6.08 Å². The number of aliphatic hydroxyl groups is 1. The van der Waals surface area contributed by atoms with Gasteiger partial charge in [-0.3, -0.25) is 4.79 Å². The Kier molecular flexibility index (Phi) is 1.98. The highest BCUT2D eigenvalue weighted by atomic mass is 16.5. The van der Waals surface area contributed by atoms with Gasteiger partial charge in [-0.1, -0.05) is 6.08 Å². The molecule has 0 aromatic rings. The van der Waals surface area contributed by atoms with Gasteiger partial charge in [-0.15, -0.1) is 0 Å². The summed E-state index contributed by atoms with van der Waals surface area (Å²) in [5, 5.41) is 17.9. The van der Waals surface area contributed by atoms with Crippen molar-refractivity contribution in [3.05, 3.63) is 23.7 Å². The molecule has 0 bridgehead atoms. The van der Waals surface area contributed by atoms with Crippen molar-refractivity contribution in [2.24, 2.45) is 5.89 Å². The minimum absolute atomic E-state index is 0.119. The van der Waals surface area contributed by atoms with Gasteiger partial charge < -0.3 is 14.9 Å². The minimum Gasteiger partial charge on any atom is -0.504 e. The van der Waals surface area contributed by atoms with E-state index in [9.17, 15) is 9.90 Å². The standard InChI is InChI=1S/C8H10O4/c1-12-7-4-5(8(10)11)2-3-6(7)9/h2-3,5,9H,4H2,1H3,(H,10,11)/i5D. The number of allylic oxidation sites excluding steroid dienone is 2. The van der Waals surface area contributed by atoms with Crippen molar-refractivity contribution >= 4 is 5.97 Å². The van der Waals surface area contributed by atoms with Crippen molar-refractivity contribution in [3.63, 3.8) is 0 Å². The zero-order valence-corrected chi connectivity index (χ0v) is 6.57. The Labute approximate surface area is 71.2 Å². The van der Waals surface area contributed by atoms with E-state index in [0.717, 1.165) is 6.08 Å². The van der Waals surface area contributed by atoms with E-state index in [-0.39, 0.29) is 17.9 Å². The number of carbonyl (C=O) groups is 1. The fourth-order valence-corrected chi connectivity index (χ4v) is 0.919. The van der Waals surface area contributed by atoms with Gasteiger partial charge in [-0.25, -0.2) is 0 Å². The van der Waals surface area contributed by atoms with Crippen LogP contribution in [0.4, 0.5) is 0 Å². The number of ether oxygens (including phenoxy) is 1. The first-order valence-electron chi connectivity index (χ1n) is 3.88.